The van der Waals surface area contributed by atoms with Gasteiger partial charge in [0.05, 0.1) is 11.9 Å². The molecule has 184 valence electrons. The van der Waals surface area contributed by atoms with Crippen LogP contribution in [-0.4, -0.2) is 23.1 Å². The number of hydrogen-bond donors (Lipinski definition) is 2. The Morgan fingerprint density at radius 2 is 1.37 bits per heavy atom. The summed E-state index contributed by atoms with van der Waals surface area (Å²) in [7, 11) is 0. The van der Waals surface area contributed by atoms with E-state index in [1.165, 1.54) is 36.4 Å². The summed E-state index contributed by atoms with van der Waals surface area (Å²) in [5.74, 6) is -2.90. The van der Waals surface area contributed by atoms with Crippen molar-refractivity contribution < 1.29 is 36.2 Å². The molecule has 35 heavy (non-hydrogen) atoms. The number of nitrogens with zero attached hydrogens (tertiary/aromatic N) is 1. The monoisotopic (exact) mass is 494 g/mol. The highest BCUT2D eigenvalue weighted by atomic mass is 19.4. The van der Waals surface area contributed by atoms with Crippen LogP contribution in [0.5, 0.6) is 0 Å². The average molecular weight is 494 g/mol. The van der Waals surface area contributed by atoms with E-state index in [0.29, 0.717) is 12.8 Å². The molecule has 0 aliphatic carbocycles. The minimum Gasteiger partial charge on any atom is -0.475 e. The number of alkyl halides is 3. The zero-order valence-electron chi connectivity index (χ0n) is 18.1. The Hall–Kier alpha value is -3.82. The summed E-state index contributed by atoms with van der Waals surface area (Å²) < 4.78 is 72.3. The minimum atomic E-state index is -5.08. The van der Waals surface area contributed by atoms with E-state index in [1.54, 1.807) is 24.3 Å². The number of nitrogens with one attached hydrogen (secondary N) is 1. The van der Waals surface area contributed by atoms with Gasteiger partial charge in [0.15, 0.2) is 0 Å². The van der Waals surface area contributed by atoms with Gasteiger partial charge >= 0.3 is 12.1 Å². The van der Waals surface area contributed by atoms with Gasteiger partial charge < -0.3 is 10.4 Å². The SMILES string of the molecule is Fc1ccc(CCC2=N[C@@H](c3cccc(F)c3)[C@@H](c3cccc(F)c3)N2)cc1.O=C(O)C(F)(F)F. The normalized spacial score (nSPS) is 17.1. The zero-order valence-corrected chi connectivity index (χ0v) is 18.1. The number of halogens is 6. The van der Waals surface area contributed by atoms with Crippen molar-refractivity contribution in [1.82, 2.24) is 5.32 Å². The van der Waals surface area contributed by atoms with E-state index in [-0.39, 0.29) is 29.5 Å². The lowest BCUT2D eigenvalue weighted by molar-refractivity contribution is -0.192. The molecule has 0 saturated carbocycles. The summed E-state index contributed by atoms with van der Waals surface area (Å²) >= 11 is 0. The predicted molar refractivity (Wildman–Crippen MR) is 117 cm³/mol. The summed E-state index contributed by atoms with van der Waals surface area (Å²) in [4.78, 5) is 13.7. The number of aliphatic imine (C=N–C) groups is 1. The third kappa shape index (κ3) is 7.33. The van der Waals surface area contributed by atoms with E-state index in [0.717, 1.165) is 22.5 Å². The molecule has 1 aliphatic rings. The van der Waals surface area contributed by atoms with Crippen LogP contribution in [0.15, 0.2) is 77.8 Å². The van der Waals surface area contributed by atoms with Gasteiger partial charge in [-0.15, -0.1) is 0 Å². The van der Waals surface area contributed by atoms with E-state index in [4.69, 9.17) is 14.9 Å². The first-order valence-electron chi connectivity index (χ1n) is 10.4. The molecule has 10 heteroatoms. The highest BCUT2D eigenvalue weighted by Crippen LogP contribution is 2.37. The van der Waals surface area contributed by atoms with Crippen LogP contribution < -0.4 is 5.32 Å². The number of carboxylic acid groups (broad SMARTS) is 1. The molecule has 4 nitrogen and oxygen atoms in total. The number of hydrogen-bond acceptors (Lipinski definition) is 3. The van der Waals surface area contributed by atoms with E-state index in [2.05, 4.69) is 5.32 Å². The number of carbonyl (C=O) groups is 1. The van der Waals surface area contributed by atoms with E-state index in [9.17, 15) is 26.3 Å². The molecule has 4 rings (SSSR count). The van der Waals surface area contributed by atoms with Gasteiger partial charge in [-0.2, -0.15) is 13.2 Å². The van der Waals surface area contributed by atoms with Crippen molar-refractivity contribution in [3.05, 3.63) is 107 Å². The summed E-state index contributed by atoms with van der Waals surface area (Å²) in [6.45, 7) is 0. The Bertz CT molecular complexity index is 1200. The molecule has 0 bridgehead atoms. The second kappa shape index (κ2) is 11.1. The smallest absolute Gasteiger partial charge is 0.475 e. The molecule has 3 aromatic carbocycles. The lowest BCUT2D eigenvalue weighted by atomic mass is 9.95. The number of aliphatic carboxylic acids is 1. The van der Waals surface area contributed by atoms with Crippen LogP contribution in [0.25, 0.3) is 0 Å². The first-order valence-corrected chi connectivity index (χ1v) is 10.4. The molecule has 1 aliphatic heterocycles. The van der Waals surface area contributed by atoms with Crippen LogP contribution in [0.4, 0.5) is 26.3 Å². The van der Waals surface area contributed by atoms with Crippen molar-refractivity contribution in [2.75, 3.05) is 0 Å². The van der Waals surface area contributed by atoms with Gasteiger partial charge in [0, 0.05) is 6.42 Å². The molecule has 0 saturated heterocycles. The second-order valence-corrected chi connectivity index (χ2v) is 7.68. The lowest BCUT2D eigenvalue weighted by Crippen LogP contribution is -2.24. The molecule has 2 N–H and O–H groups in total. The van der Waals surface area contributed by atoms with Crippen molar-refractivity contribution in [3.63, 3.8) is 0 Å². The second-order valence-electron chi connectivity index (χ2n) is 7.68. The fraction of sp³-hybridized carbons (Fsp3) is 0.200. The molecule has 0 unspecified atom stereocenters. The maximum atomic E-state index is 13.8. The van der Waals surface area contributed by atoms with Gasteiger partial charge in [0.2, 0.25) is 0 Å². The van der Waals surface area contributed by atoms with Crippen molar-refractivity contribution in [2.24, 2.45) is 4.99 Å². The summed E-state index contributed by atoms with van der Waals surface area (Å²) in [6.07, 6.45) is -3.76. The maximum Gasteiger partial charge on any atom is 0.490 e. The Morgan fingerprint density at radius 1 is 0.829 bits per heavy atom. The topological polar surface area (TPSA) is 61.7 Å². The van der Waals surface area contributed by atoms with Crippen molar-refractivity contribution in [2.45, 2.75) is 31.1 Å². The minimum absolute atomic E-state index is 0.266. The third-order valence-corrected chi connectivity index (χ3v) is 5.14. The van der Waals surface area contributed by atoms with Crippen molar-refractivity contribution in [1.29, 1.82) is 0 Å². The van der Waals surface area contributed by atoms with E-state index < -0.39 is 12.1 Å². The van der Waals surface area contributed by atoms with Crippen molar-refractivity contribution >= 4 is 11.8 Å². The Morgan fingerprint density at radius 3 is 1.91 bits per heavy atom. The molecule has 0 fully saturated rings. The van der Waals surface area contributed by atoms with Crippen LogP contribution in [0.2, 0.25) is 0 Å². The standard InChI is InChI=1S/C23H19F3N2.C2HF3O2/c24-18-10-7-15(8-11-18)9-12-21-27-22(16-3-1-5-19(25)13-16)23(28-21)17-4-2-6-20(26)14-17;3-2(4,5)1(6)7/h1-8,10-11,13-14,22-23H,9,12H2,(H,27,28);(H,6,7)/t22-,23+;. The fourth-order valence-electron chi connectivity index (χ4n) is 3.51. The molecule has 0 spiro atoms. The number of amidine groups is 1. The number of carboxylic acids is 1. The Kier molecular flexibility index (Phi) is 8.16. The molecule has 0 amide bonds. The molecule has 3 aromatic rings. The molecular weight excluding hydrogens is 474 g/mol. The predicted octanol–water partition coefficient (Wildman–Crippen LogP) is 6.15. The van der Waals surface area contributed by atoms with Crippen LogP contribution in [0.3, 0.4) is 0 Å². The maximum absolute atomic E-state index is 13.8. The Balaban J connectivity index is 0.000000429. The number of aryl methyl sites for hydroxylation is 1. The van der Waals surface area contributed by atoms with Crippen LogP contribution >= 0.6 is 0 Å². The molecule has 0 radical (unpaired) electrons. The quantitative estimate of drug-likeness (QED) is 0.418. The van der Waals surface area contributed by atoms with Gasteiger partial charge in [0.1, 0.15) is 23.5 Å². The van der Waals surface area contributed by atoms with Crippen LogP contribution in [0, 0.1) is 17.5 Å². The average Bonchev–Trinajstić information content (AvgIpc) is 3.23. The van der Waals surface area contributed by atoms with Gasteiger partial charge in [0.25, 0.3) is 0 Å². The highest BCUT2D eigenvalue weighted by Gasteiger charge is 2.38. The fourth-order valence-corrected chi connectivity index (χ4v) is 3.51. The highest BCUT2D eigenvalue weighted by molar-refractivity contribution is 5.85. The summed E-state index contributed by atoms with van der Waals surface area (Å²) in [5, 5.41) is 10.5. The van der Waals surface area contributed by atoms with E-state index >= 15 is 0 Å². The Labute approximate surface area is 196 Å². The summed E-state index contributed by atoms with van der Waals surface area (Å²) in [5.41, 5.74) is 2.50. The first-order chi connectivity index (χ1) is 16.5. The van der Waals surface area contributed by atoms with Gasteiger partial charge in [-0.3, -0.25) is 4.99 Å². The van der Waals surface area contributed by atoms with Crippen LogP contribution in [-0.2, 0) is 11.2 Å². The molecular formula is C25H20F6N2O2. The van der Waals surface area contributed by atoms with E-state index in [1.807, 2.05) is 12.1 Å². The van der Waals surface area contributed by atoms with Crippen LogP contribution in [0.1, 0.15) is 35.2 Å². The first kappa shape index (κ1) is 25.8. The molecule has 2 atom stereocenters. The number of rotatable bonds is 5. The van der Waals surface area contributed by atoms with Gasteiger partial charge in [-0.25, -0.2) is 18.0 Å². The van der Waals surface area contributed by atoms with Crippen molar-refractivity contribution in [3.8, 4) is 0 Å². The lowest BCUT2D eigenvalue weighted by Gasteiger charge is -2.20. The largest absolute Gasteiger partial charge is 0.490 e. The zero-order chi connectivity index (χ0) is 25.6. The van der Waals surface area contributed by atoms with Gasteiger partial charge in [-0.05, 0) is 59.5 Å². The number of benzene rings is 3. The van der Waals surface area contributed by atoms with Gasteiger partial charge in [-0.1, -0.05) is 36.4 Å². The molecule has 0 aromatic heterocycles. The molecule has 1 heterocycles. The third-order valence-electron chi connectivity index (χ3n) is 5.14. The summed E-state index contributed by atoms with van der Waals surface area (Å²) in [6, 6.07) is 18.4.